The zero-order chi connectivity index (χ0) is 20.7. The number of nitrogens with zero attached hydrogens (tertiary/aromatic N) is 1. The first kappa shape index (κ1) is 20.2. The Morgan fingerprint density at radius 2 is 1.25 bits per heavy atom. The van der Waals surface area contributed by atoms with E-state index < -0.39 is 0 Å². The minimum Gasteiger partial charge on any atom is -0.351 e. The third kappa shape index (κ3) is 4.14. The van der Waals surface area contributed by atoms with Gasteiger partial charge in [-0.1, -0.05) is 65.8 Å². The summed E-state index contributed by atoms with van der Waals surface area (Å²) in [5.41, 5.74) is 5.26. The molecule has 0 bridgehead atoms. The maximum Gasteiger partial charge on any atom is 0.274 e. The Morgan fingerprint density at radius 3 is 1.71 bits per heavy atom. The molecule has 0 saturated carbocycles. The molecule has 3 rings (SSSR count). The van der Waals surface area contributed by atoms with Crippen molar-refractivity contribution >= 4 is 17.3 Å². The van der Waals surface area contributed by atoms with Gasteiger partial charge in [-0.2, -0.15) is 0 Å². The molecule has 0 aromatic heterocycles. The number of hydrogen-bond acceptors (Lipinski definition) is 2. The van der Waals surface area contributed by atoms with Gasteiger partial charge in [-0.15, -0.1) is 0 Å². The van der Waals surface area contributed by atoms with Gasteiger partial charge >= 0.3 is 0 Å². The predicted molar refractivity (Wildman–Crippen MR) is 119 cm³/mol. The van der Waals surface area contributed by atoms with E-state index in [0.29, 0.717) is 5.70 Å². The molecular weight excluding hydrogens is 344 g/mol. The number of benzene rings is 2. The summed E-state index contributed by atoms with van der Waals surface area (Å²) in [6.07, 6.45) is 2.00. The van der Waals surface area contributed by atoms with Crippen LogP contribution in [0.25, 0.3) is 0 Å². The number of carbonyl (C=O) groups excluding carboxylic acids is 1. The lowest BCUT2D eigenvalue weighted by molar-refractivity contribution is -0.114. The number of amides is 1. The lowest BCUT2D eigenvalue weighted by Crippen LogP contribution is -2.33. The Bertz CT molecular complexity index is 878. The third-order valence-electron chi connectivity index (χ3n) is 5.31. The van der Waals surface area contributed by atoms with Crippen molar-refractivity contribution in [3.63, 3.8) is 0 Å². The van der Waals surface area contributed by atoms with Crippen LogP contribution in [0.4, 0.5) is 11.4 Å². The molecule has 1 aliphatic heterocycles. The second kappa shape index (κ2) is 7.12. The highest BCUT2D eigenvalue weighted by molar-refractivity contribution is 6.10. The standard InChI is InChI=1S/C25H32N2O/c1-17-16-22(26-20-12-8-18(9-13-20)24(2,3)4)23(28)27(17)21-14-10-19(11-15-21)25(5,6)7/h8-17,26H,1-7H3. The van der Waals surface area contributed by atoms with Gasteiger partial charge in [0.1, 0.15) is 5.70 Å². The van der Waals surface area contributed by atoms with Crippen LogP contribution in [0.15, 0.2) is 60.3 Å². The van der Waals surface area contributed by atoms with E-state index in [1.165, 1.54) is 11.1 Å². The Morgan fingerprint density at radius 1 is 0.786 bits per heavy atom. The monoisotopic (exact) mass is 376 g/mol. The van der Waals surface area contributed by atoms with Crippen LogP contribution in [0, 0.1) is 0 Å². The van der Waals surface area contributed by atoms with Crippen LogP contribution < -0.4 is 10.2 Å². The lowest BCUT2D eigenvalue weighted by Gasteiger charge is -2.24. The highest BCUT2D eigenvalue weighted by Gasteiger charge is 2.31. The van der Waals surface area contributed by atoms with E-state index in [4.69, 9.17) is 0 Å². The fourth-order valence-electron chi connectivity index (χ4n) is 3.48. The molecule has 148 valence electrons. The van der Waals surface area contributed by atoms with Crippen molar-refractivity contribution in [2.24, 2.45) is 0 Å². The van der Waals surface area contributed by atoms with Crippen molar-refractivity contribution < 1.29 is 4.79 Å². The average Bonchev–Trinajstić information content (AvgIpc) is 2.87. The second-order valence-electron chi connectivity index (χ2n) is 9.75. The Kier molecular flexibility index (Phi) is 5.14. The van der Waals surface area contributed by atoms with Crippen molar-refractivity contribution in [1.29, 1.82) is 0 Å². The fourth-order valence-corrected chi connectivity index (χ4v) is 3.48. The van der Waals surface area contributed by atoms with Crippen molar-refractivity contribution in [3.8, 4) is 0 Å². The number of carbonyl (C=O) groups is 1. The molecule has 0 saturated heterocycles. The molecule has 3 nitrogen and oxygen atoms in total. The number of anilines is 2. The van der Waals surface area contributed by atoms with Gasteiger partial charge in [-0.25, -0.2) is 0 Å². The zero-order valence-corrected chi connectivity index (χ0v) is 18.1. The van der Waals surface area contributed by atoms with Crippen molar-refractivity contribution in [1.82, 2.24) is 0 Å². The van der Waals surface area contributed by atoms with E-state index >= 15 is 0 Å². The van der Waals surface area contributed by atoms with Gasteiger partial charge in [0.2, 0.25) is 0 Å². The van der Waals surface area contributed by atoms with Crippen molar-refractivity contribution in [2.45, 2.75) is 65.3 Å². The molecule has 1 heterocycles. The van der Waals surface area contributed by atoms with Gasteiger partial charge in [0.15, 0.2) is 0 Å². The van der Waals surface area contributed by atoms with Crippen molar-refractivity contribution in [2.75, 3.05) is 10.2 Å². The number of rotatable bonds is 3. The molecule has 0 radical (unpaired) electrons. The van der Waals surface area contributed by atoms with E-state index in [2.05, 4.69) is 71.1 Å². The van der Waals surface area contributed by atoms with Gasteiger partial charge in [0, 0.05) is 11.4 Å². The van der Waals surface area contributed by atoms with E-state index in [0.717, 1.165) is 11.4 Å². The van der Waals surface area contributed by atoms with Gasteiger partial charge in [0.25, 0.3) is 5.91 Å². The third-order valence-corrected chi connectivity index (χ3v) is 5.31. The smallest absolute Gasteiger partial charge is 0.274 e. The molecule has 3 heteroatoms. The first-order chi connectivity index (χ1) is 13.0. The molecule has 1 aliphatic rings. The topological polar surface area (TPSA) is 32.3 Å². The molecule has 28 heavy (non-hydrogen) atoms. The summed E-state index contributed by atoms with van der Waals surface area (Å²) >= 11 is 0. The summed E-state index contributed by atoms with van der Waals surface area (Å²) in [6.45, 7) is 15.2. The minimum atomic E-state index is 0.0101. The molecule has 0 fully saturated rings. The molecule has 1 N–H and O–H groups in total. The van der Waals surface area contributed by atoms with Crippen LogP contribution in [0.5, 0.6) is 0 Å². The summed E-state index contributed by atoms with van der Waals surface area (Å²) < 4.78 is 0. The Labute approximate surface area is 169 Å². The van der Waals surface area contributed by atoms with Crippen LogP contribution in [0.2, 0.25) is 0 Å². The lowest BCUT2D eigenvalue weighted by atomic mass is 9.87. The normalized spacial score (nSPS) is 17.7. The first-order valence-electron chi connectivity index (χ1n) is 10.0. The van der Waals surface area contributed by atoms with E-state index in [9.17, 15) is 4.79 Å². The van der Waals surface area contributed by atoms with Gasteiger partial charge in [-0.3, -0.25) is 4.79 Å². The maximum atomic E-state index is 13.0. The largest absolute Gasteiger partial charge is 0.351 e. The SMILES string of the molecule is CC1C=C(Nc2ccc(C(C)(C)C)cc2)C(=O)N1c1ccc(C(C)(C)C)cc1. The quantitative estimate of drug-likeness (QED) is 0.711. The molecule has 2 aromatic carbocycles. The van der Waals surface area contributed by atoms with Gasteiger partial charge < -0.3 is 10.2 Å². The molecule has 1 unspecified atom stereocenters. The Hall–Kier alpha value is -2.55. The van der Waals surface area contributed by atoms with Crippen LogP contribution in [0.3, 0.4) is 0 Å². The summed E-state index contributed by atoms with van der Waals surface area (Å²) in [4.78, 5) is 14.9. The van der Waals surface area contributed by atoms with Crippen LogP contribution in [-0.2, 0) is 15.6 Å². The summed E-state index contributed by atoms with van der Waals surface area (Å²) in [7, 11) is 0. The van der Waals surface area contributed by atoms with Crippen LogP contribution in [0.1, 0.15) is 59.6 Å². The van der Waals surface area contributed by atoms with Gasteiger partial charge in [-0.05, 0) is 59.2 Å². The highest BCUT2D eigenvalue weighted by Crippen LogP contribution is 2.30. The Balaban J connectivity index is 1.76. The second-order valence-corrected chi connectivity index (χ2v) is 9.75. The average molecular weight is 377 g/mol. The summed E-state index contributed by atoms with van der Waals surface area (Å²) in [5.74, 6) is 0.0101. The molecular formula is C25H32N2O. The molecule has 2 aromatic rings. The molecule has 0 spiro atoms. The summed E-state index contributed by atoms with van der Waals surface area (Å²) in [5, 5.41) is 3.30. The van der Waals surface area contributed by atoms with Crippen LogP contribution >= 0.6 is 0 Å². The minimum absolute atomic E-state index is 0.0101. The molecule has 1 amide bonds. The maximum absolute atomic E-state index is 13.0. The fraction of sp³-hybridized carbons (Fsp3) is 0.400. The number of nitrogens with one attached hydrogen (secondary N) is 1. The first-order valence-corrected chi connectivity index (χ1v) is 10.0. The van der Waals surface area contributed by atoms with Gasteiger partial charge in [0.05, 0.1) is 6.04 Å². The van der Waals surface area contributed by atoms with Crippen molar-refractivity contribution in [3.05, 3.63) is 71.4 Å². The molecule has 0 aliphatic carbocycles. The highest BCUT2D eigenvalue weighted by atomic mass is 16.2. The van der Waals surface area contributed by atoms with E-state index in [1.807, 2.05) is 42.2 Å². The molecule has 1 atom stereocenters. The predicted octanol–water partition coefficient (Wildman–Crippen LogP) is 6.01. The van der Waals surface area contributed by atoms with E-state index in [-0.39, 0.29) is 22.8 Å². The van der Waals surface area contributed by atoms with E-state index in [1.54, 1.807) is 0 Å². The van der Waals surface area contributed by atoms with Crippen LogP contribution in [-0.4, -0.2) is 11.9 Å². The summed E-state index contributed by atoms with van der Waals surface area (Å²) in [6, 6.07) is 16.7. The zero-order valence-electron chi connectivity index (χ0n) is 18.1. The number of hydrogen-bond donors (Lipinski definition) is 1.